The molecule has 0 fully saturated rings. The largest absolute Gasteiger partial charge is 0.482 e. The maximum atomic E-state index is 13.2. The van der Waals surface area contributed by atoms with E-state index >= 15 is 0 Å². The molecule has 1 N–H and O–H groups in total. The van der Waals surface area contributed by atoms with Crippen molar-refractivity contribution >= 4 is 17.3 Å². The summed E-state index contributed by atoms with van der Waals surface area (Å²) in [5.41, 5.74) is -1.20. The highest BCUT2D eigenvalue weighted by Gasteiger charge is 2.33. The number of rotatable bonds is 7. The van der Waals surface area contributed by atoms with Crippen molar-refractivity contribution in [1.29, 1.82) is 5.26 Å². The van der Waals surface area contributed by atoms with Crippen LogP contribution in [0.5, 0.6) is 5.75 Å². The molecule has 0 saturated heterocycles. The van der Waals surface area contributed by atoms with Gasteiger partial charge in [-0.25, -0.2) is 19.0 Å². The van der Waals surface area contributed by atoms with Gasteiger partial charge in [0.2, 0.25) is 0 Å². The van der Waals surface area contributed by atoms with Gasteiger partial charge < -0.3 is 10.1 Å². The SMILES string of the molecule is CC(C)(C)n1nc(-c2ccc([N+](=O)[O-])c(OCc3ccc(F)cc3)c2)c(C#N)c1Nc1cnc(C(F)(F)F)cn1. The molecule has 14 heteroatoms. The second kappa shape index (κ2) is 10.6. The minimum absolute atomic E-state index is 0.00922. The van der Waals surface area contributed by atoms with Crippen LogP contribution in [0.3, 0.4) is 0 Å². The van der Waals surface area contributed by atoms with Crippen molar-refractivity contribution in [2.45, 2.75) is 39.1 Å². The third-order valence-electron chi connectivity index (χ3n) is 5.56. The lowest BCUT2D eigenvalue weighted by atomic mass is 10.1. The molecule has 0 atom stereocenters. The summed E-state index contributed by atoms with van der Waals surface area (Å²) in [4.78, 5) is 18.2. The van der Waals surface area contributed by atoms with Gasteiger partial charge in [-0.15, -0.1) is 0 Å². The second-order valence-electron chi connectivity index (χ2n) is 9.53. The van der Waals surface area contributed by atoms with Crippen LogP contribution in [0.15, 0.2) is 54.9 Å². The summed E-state index contributed by atoms with van der Waals surface area (Å²) >= 11 is 0. The summed E-state index contributed by atoms with van der Waals surface area (Å²) in [6.45, 7) is 5.29. The van der Waals surface area contributed by atoms with Crippen molar-refractivity contribution in [3.8, 4) is 23.1 Å². The molecular weight excluding hydrogens is 534 g/mol. The number of hydrogen-bond acceptors (Lipinski definition) is 8. The van der Waals surface area contributed by atoms with Gasteiger partial charge in [-0.3, -0.25) is 10.1 Å². The maximum absolute atomic E-state index is 13.2. The fourth-order valence-electron chi connectivity index (χ4n) is 3.66. The molecule has 4 aromatic rings. The number of nitrogens with one attached hydrogen (secondary N) is 1. The summed E-state index contributed by atoms with van der Waals surface area (Å²) in [6, 6.07) is 11.4. The molecule has 2 aromatic carbocycles. The summed E-state index contributed by atoms with van der Waals surface area (Å²) in [5, 5.41) is 29.1. The Morgan fingerprint density at radius 3 is 2.35 bits per heavy atom. The molecule has 0 bridgehead atoms. The molecule has 0 saturated carbocycles. The Balaban J connectivity index is 1.76. The van der Waals surface area contributed by atoms with Crippen LogP contribution in [0, 0.1) is 27.3 Å². The molecule has 0 aliphatic heterocycles. The van der Waals surface area contributed by atoms with Crippen molar-refractivity contribution < 1.29 is 27.2 Å². The number of hydrogen-bond donors (Lipinski definition) is 1. The standard InChI is InChI=1S/C26H21F4N7O3/c1-25(2,3)36-24(34-22-13-32-21(12-33-22)26(28,29)30)18(11-31)23(35-36)16-6-9-19(37(38)39)20(10-16)40-14-15-4-7-17(27)8-5-15/h4-10,12-13H,14H2,1-3H3,(H,33,34). The number of ether oxygens (including phenoxy) is 1. The van der Waals surface area contributed by atoms with Gasteiger partial charge in [0.05, 0.1) is 22.9 Å². The number of benzene rings is 2. The van der Waals surface area contributed by atoms with Gasteiger partial charge in [-0.1, -0.05) is 12.1 Å². The van der Waals surface area contributed by atoms with Gasteiger partial charge in [-0.2, -0.15) is 23.5 Å². The third-order valence-corrected chi connectivity index (χ3v) is 5.56. The highest BCUT2D eigenvalue weighted by atomic mass is 19.4. The first-order chi connectivity index (χ1) is 18.8. The van der Waals surface area contributed by atoms with E-state index in [2.05, 4.69) is 20.4 Å². The molecule has 0 amide bonds. The number of nitriles is 1. The van der Waals surface area contributed by atoms with Crippen LogP contribution in [0.2, 0.25) is 0 Å². The Morgan fingerprint density at radius 1 is 1.10 bits per heavy atom. The van der Waals surface area contributed by atoms with Gasteiger partial charge in [0, 0.05) is 11.6 Å². The van der Waals surface area contributed by atoms with Gasteiger partial charge in [-0.05, 0) is 50.6 Å². The highest BCUT2D eigenvalue weighted by molar-refractivity contribution is 5.77. The topological polar surface area (TPSA) is 132 Å². The molecule has 0 unspecified atom stereocenters. The van der Waals surface area contributed by atoms with E-state index in [0.717, 1.165) is 6.20 Å². The predicted octanol–water partition coefficient (Wildman–Crippen LogP) is 6.36. The lowest BCUT2D eigenvalue weighted by Crippen LogP contribution is -2.25. The van der Waals surface area contributed by atoms with Crippen LogP contribution in [-0.2, 0) is 18.3 Å². The zero-order chi connectivity index (χ0) is 29.2. The molecule has 4 rings (SSSR count). The van der Waals surface area contributed by atoms with E-state index in [1.54, 1.807) is 20.8 Å². The Morgan fingerprint density at radius 2 is 1.80 bits per heavy atom. The number of anilines is 2. The normalized spacial score (nSPS) is 11.7. The molecule has 0 spiro atoms. The summed E-state index contributed by atoms with van der Waals surface area (Å²) in [7, 11) is 0. The Labute approximate surface area is 225 Å². The third kappa shape index (κ3) is 5.98. The van der Waals surface area contributed by atoms with E-state index in [0.29, 0.717) is 17.3 Å². The molecule has 0 aliphatic carbocycles. The molecule has 10 nitrogen and oxygen atoms in total. The first-order valence-electron chi connectivity index (χ1n) is 11.6. The van der Waals surface area contributed by atoms with Gasteiger partial charge in [0.1, 0.15) is 41.4 Å². The van der Waals surface area contributed by atoms with Crippen LogP contribution >= 0.6 is 0 Å². The van der Waals surface area contributed by atoms with E-state index < -0.39 is 28.1 Å². The van der Waals surface area contributed by atoms with Crippen LogP contribution in [0.4, 0.5) is 34.9 Å². The second-order valence-corrected chi connectivity index (χ2v) is 9.53. The van der Waals surface area contributed by atoms with Crippen LogP contribution < -0.4 is 10.1 Å². The number of halogens is 4. The van der Waals surface area contributed by atoms with E-state index in [4.69, 9.17) is 4.74 Å². The smallest absolute Gasteiger partial charge is 0.434 e. The fraction of sp³-hybridized carbons (Fsp3) is 0.231. The zero-order valence-electron chi connectivity index (χ0n) is 21.3. The molecule has 2 heterocycles. The first-order valence-corrected chi connectivity index (χ1v) is 11.6. The molecule has 0 radical (unpaired) electrons. The van der Waals surface area contributed by atoms with Crippen molar-refractivity contribution in [3.05, 3.63) is 87.6 Å². The number of aromatic nitrogens is 4. The monoisotopic (exact) mass is 555 g/mol. The van der Waals surface area contributed by atoms with E-state index in [9.17, 15) is 32.9 Å². The summed E-state index contributed by atoms with van der Waals surface area (Å²) in [5.74, 6) is -0.481. The van der Waals surface area contributed by atoms with Crippen molar-refractivity contribution in [2.75, 3.05) is 5.32 Å². The van der Waals surface area contributed by atoms with Crippen LogP contribution in [0.1, 0.15) is 37.6 Å². The van der Waals surface area contributed by atoms with Gasteiger partial charge >= 0.3 is 11.9 Å². The van der Waals surface area contributed by atoms with E-state index in [1.807, 2.05) is 6.07 Å². The van der Waals surface area contributed by atoms with Crippen molar-refractivity contribution in [1.82, 2.24) is 19.7 Å². The number of nitrogens with zero attached hydrogens (tertiary/aromatic N) is 6. The highest BCUT2D eigenvalue weighted by Crippen LogP contribution is 2.38. The molecule has 206 valence electrons. The average Bonchev–Trinajstić information content (AvgIpc) is 3.26. The number of alkyl halides is 3. The molecular formula is C26H21F4N7O3. The summed E-state index contributed by atoms with van der Waals surface area (Å²) < 4.78 is 59.1. The lowest BCUT2D eigenvalue weighted by molar-refractivity contribution is -0.385. The number of nitro benzene ring substituents is 1. The lowest BCUT2D eigenvalue weighted by Gasteiger charge is -2.22. The van der Waals surface area contributed by atoms with Crippen LogP contribution in [-0.4, -0.2) is 24.7 Å². The van der Waals surface area contributed by atoms with Crippen LogP contribution in [0.25, 0.3) is 11.3 Å². The minimum atomic E-state index is -4.67. The van der Waals surface area contributed by atoms with Crippen molar-refractivity contribution in [2.24, 2.45) is 0 Å². The summed E-state index contributed by atoms with van der Waals surface area (Å²) in [6.07, 6.45) is -3.22. The van der Waals surface area contributed by atoms with Crippen molar-refractivity contribution in [3.63, 3.8) is 0 Å². The fourth-order valence-corrected chi connectivity index (χ4v) is 3.66. The average molecular weight is 555 g/mol. The number of nitro groups is 1. The van der Waals surface area contributed by atoms with Gasteiger partial charge in [0.25, 0.3) is 0 Å². The van der Waals surface area contributed by atoms with E-state index in [-0.39, 0.29) is 40.9 Å². The quantitative estimate of drug-likeness (QED) is 0.158. The van der Waals surface area contributed by atoms with E-state index in [1.165, 1.54) is 47.1 Å². The Kier molecular flexibility index (Phi) is 7.41. The minimum Gasteiger partial charge on any atom is -0.482 e. The molecule has 0 aliphatic rings. The zero-order valence-corrected chi connectivity index (χ0v) is 21.3. The Bertz CT molecular complexity index is 1590. The maximum Gasteiger partial charge on any atom is 0.434 e. The molecule has 2 aromatic heterocycles. The molecule has 40 heavy (non-hydrogen) atoms. The Hall–Kier alpha value is -5.06. The van der Waals surface area contributed by atoms with Gasteiger partial charge in [0.15, 0.2) is 11.4 Å². The first kappa shape index (κ1) is 28.0. The predicted molar refractivity (Wildman–Crippen MR) is 135 cm³/mol.